The van der Waals surface area contributed by atoms with Gasteiger partial charge in [0.2, 0.25) is 0 Å². The topological polar surface area (TPSA) is 29.5 Å². The summed E-state index contributed by atoms with van der Waals surface area (Å²) in [6, 6.07) is 7.41. The lowest BCUT2D eigenvalue weighted by Crippen LogP contribution is -2.44. The van der Waals surface area contributed by atoms with Crippen LogP contribution in [0.15, 0.2) is 24.3 Å². The van der Waals surface area contributed by atoms with Crippen LogP contribution in [-0.2, 0) is 0 Å². The van der Waals surface area contributed by atoms with Crippen molar-refractivity contribution in [1.82, 2.24) is 4.90 Å². The number of carbonyl (C=O) groups is 1. The molecule has 0 aliphatic carbocycles. The molecule has 4 heteroatoms. The van der Waals surface area contributed by atoms with Gasteiger partial charge in [-0.1, -0.05) is 0 Å². The number of methoxy groups -OCH3 is 1. The van der Waals surface area contributed by atoms with Crippen molar-refractivity contribution in [2.75, 3.05) is 19.5 Å². The van der Waals surface area contributed by atoms with Crippen LogP contribution in [0.25, 0.3) is 0 Å². The van der Waals surface area contributed by atoms with Crippen LogP contribution in [0.2, 0.25) is 0 Å². The second-order valence-electron chi connectivity index (χ2n) is 4.53. The Morgan fingerprint density at radius 1 is 1.39 bits per heavy atom. The van der Waals surface area contributed by atoms with Gasteiger partial charge >= 0.3 is 0 Å². The Morgan fingerprint density at radius 2 is 2.11 bits per heavy atom. The van der Waals surface area contributed by atoms with Crippen LogP contribution in [0.4, 0.5) is 0 Å². The Bertz CT molecular complexity index is 405. The van der Waals surface area contributed by atoms with Crippen molar-refractivity contribution in [2.24, 2.45) is 0 Å². The van der Waals surface area contributed by atoms with Crippen molar-refractivity contribution in [3.63, 3.8) is 0 Å². The van der Waals surface area contributed by atoms with Gasteiger partial charge in [0.25, 0.3) is 5.91 Å². The minimum atomic E-state index is 0.0722. The predicted molar refractivity (Wildman–Crippen MR) is 72.4 cm³/mol. The molecule has 0 bridgehead atoms. The quantitative estimate of drug-likeness (QED) is 0.788. The first-order chi connectivity index (χ1) is 8.76. The summed E-state index contributed by atoms with van der Waals surface area (Å²) in [7, 11) is 1.62. The highest BCUT2D eigenvalue weighted by Crippen LogP contribution is 2.21. The number of hydrogen-bond acceptors (Lipinski definition) is 2. The van der Waals surface area contributed by atoms with Crippen molar-refractivity contribution in [2.45, 2.75) is 25.3 Å². The number of benzene rings is 1. The molecule has 1 aromatic rings. The van der Waals surface area contributed by atoms with Crippen molar-refractivity contribution in [3.05, 3.63) is 29.8 Å². The third-order valence-corrected chi connectivity index (χ3v) is 3.76. The van der Waals surface area contributed by atoms with E-state index in [0.717, 1.165) is 31.6 Å². The molecule has 1 aromatic carbocycles. The van der Waals surface area contributed by atoms with Gasteiger partial charge in [0.05, 0.1) is 7.11 Å². The molecule has 3 nitrogen and oxygen atoms in total. The molecule has 98 valence electrons. The van der Waals surface area contributed by atoms with Gasteiger partial charge in [-0.2, -0.15) is 0 Å². The lowest BCUT2D eigenvalue weighted by atomic mass is 10.0. The van der Waals surface area contributed by atoms with Crippen LogP contribution in [0, 0.1) is 0 Å². The number of alkyl halides is 1. The maximum absolute atomic E-state index is 12.4. The van der Waals surface area contributed by atoms with Gasteiger partial charge in [-0.15, -0.1) is 11.6 Å². The Labute approximate surface area is 113 Å². The summed E-state index contributed by atoms with van der Waals surface area (Å²) >= 11 is 5.94. The zero-order valence-electron chi connectivity index (χ0n) is 10.6. The van der Waals surface area contributed by atoms with E-state index in [1.807, 2.05) is 17.0 Å². The second-order valence-corrected chi connectivity index (χ2v) is 4.84. The molecule has 0 spiro atoms. The average Bonchev–Trinajstić information content (AvgIpc) is 2.46. The molecule has 1 aliphatic rings. The van der Waals surface area contributed by atoms with Gasteiger partial charge in [-0.3, -0.25) is 4.79 Å². The van der Waals surface area contributed by atoms with Crippen LogP contribution in [0.5, 0.6) is 5.75 Å². The molecule has 1 fully saturated rings. The summed E-state index contributed by atoms with van der Waals surface area (Å²) in [4.78, 5) is 14.3. The number of hydrogen-bond donors (Lipinski definition) is 0. The van der Waals surface area contributed by atoms with Crippen molar-refractivity contribution < 1.29 is 9.53 Å². The zero-order valence-corrected chi connectivity index (χ0v) is 11.3. The van der Waals surface area contributed by atoms with E-state index in [9.17, 15) is 4.79 Å². The van der Waals surface area contributed by atoms with Crippen LogP contribution in [-0.4, -0.2) is 36.4 Å². The highest BCUT2D eigenvalue weighted by Gasteiger charge is 2.26. The summed E-state index contributed by atoms with van der Waals surface area (Å²) < 4.78 is 5.09. The number of carbonyl (C=O) groups excluding carboxylic acids is 1. The first-order valence-corrected chi connectivity index (χ1v) is 6.80. The van der Waals surface area contributed by atoms with E-state index in [1.54, 1.807) is 19.2 Å². The van der Waals surface area contributed by atoms with Gasteiger partial charge in [0, 0.05) is 24.0 Å². The molecule has 0 radical (unpaired) electrons. The fraction of sp³-hybridized carbons (Fsp3) is 0.500. The van der Waals surface area contributed by atoms with Gasteiger partial charge in [0.1, 0.15) is 5.75 Å². The molecule has 1 atom stereocenters. The molecule has 1 aliphatic heterocycles. The molecular weight excluding hydrogens is 250 g/mol. The maximum atomic E-state index is 12.4. The summed E-state index contributed by atoms with van der Waals surface area (Å²) in [5, 5.41) is 0. The Morgan fingerprint density at radius 3 is 2.72 bits per heavy atom. The van der Waals surface area contributed by atoms with Crippen molar-refractivity contribution in [3.8, 4) is 5.75 Å². The number of halogens is 1. The normalized spacial score (nSPS) is 19.7. The smallest absolute Gasteiger partial charge is 0.254 e. The molecule has 18 heavy (non-hydrogen) atoms. The van der Waals surface area contributed by atoms with Crippen molar-refractivity contribution >= 4 is 17.5 Å². The SMILES string of the molecule is COc1ccc(C(=O)N2CCCCC2CCl)cc1. The summed E-state index contributed by atoms with van der Waals surface area (Å²) in [5.41, 5.74) is 0.702. The number of likely N-dealkylation sites (tertiary alicyclic amines) is 1. The van der Waals surface area contributed by atoms with E-state index < -0.39 is 0 Å². The average molecular weight is 268 g/mol. The van der Waals surface area contributed by atoms with Gasteiger partial charge in [0.15, 0.2) is 0 Å². The molecule has 1 amide bonds. The second kappa shape index (κ2) is 6.10. The fourth-order valence-corrected chi connectivity index (χ4v) is 2.65. The minimum absolute atomic E-state index is 0.0722. The number of nitrogens with zero attached hydrogens (tertiary/aromatic N) is 1. The standard InChI is InChI=1S/C14H18ClNO2/c1-18-13-7-5-11(6-8-13)14(17)16-9-3-2-4-12(16)10-15/h5-8,12H,2-4,9-10H2,1H3. The first-order valence-electron chi connectivity index (χ1n) is 6.27. The molecule has 1 heterocycles. The summed E-state index contributed by atoms with van der Waals surface area (Å²) in [6.45, 7) is 0.808. The monoisotopic (exact) mass is 267 g/mol. The number of rotatable bonds is 3. The van der Waals surface area contributed by atoms with Gasteiger partial charge in [-0.25, -0.2) is 0 Å². The number of piperidine rings is 1. The van der Waals surface area contributed by atoms with E-state index in [-0.39, 0.29) is 11.9 Å². The van der Waals surface area contributed by atoms with Crippen LogP contribution in [0.1, 0.15) is 29.6 Å². The van der Waals surface area contributed by atoms with Crippen LogP contribution in [0.3, 0.4) is 0 Å². The van der Waals surface area contributed by atoms with E-state index in [2.05, 4.69) is 0 Å². The van der Waals surface area contributed by atoms with E-state index in [0.29, 0.717) is 11.4 Å². The van der Waals surface area contributed by atoms with Gasteiger partial charge < -0.3 is 9.64 Å². The van der Waals surface area contributed by atoms with E-state index >= 15 is 0 Å². The lowest BCUT2D eigenvalue weighted by molar-refractivity contribution is 0.0639. The summed E-state index contributed by atoms with van der Waals surface area (Å²) in [5.74, 6) is 1.35. The predicted octanol–water partition coefficient (Wildman–Crippen LogP) is 2.93. The molecule has 1 unspecified atom stereocenters. The fourth-order valence-electron chi connectivity index (χ4n) is 2.33. The third-order valence-electron chi connectivity index (χ3n) is 3.40. The minimum Gasteiger partial charge on any atom is -0.497 e. The number of amides is 1. The van der Waals surface area contributed by atoms with Crippen LogP contribution >= 0.6 is 11.6 Å². The Balaban J connectivity index is 2.13. The first kappa shape index (κ1) is 13.2. The molecule has 2 rings (SSSR count). The molecular formula is C14H18ClNO2. The highest BCUT2D eigenvalue weighted by atomic mass is 35.5. The molecule has 1 saturated heterocycles. The largest absolute Gasteiger partial charge is 0.497 e. The maximum Gasteiger partial charge on any atom is 0.254 e. The van der Waals surface area contributed by atoms with Crippen molar-refractivity contribution in [1.29, 1.82) is 0 Å². The molecule has 0 aromatic heterocycles. The highest BCUT2D eigenvalue weighted by molar-refractivity contribution is 6.18. The Kier molecular flexibility index (Phi) is 4.48. The van der Waals surface area contributed by atoms with Gasteiger partial charge in [-0.05, 0) is 43.5 Å². The number of ether oxygens (including phenoxy) is 1. The summed E-state index contributed by atoms with van der Waals surface area (Å²) in [6.07, 6.45) is 3.23. The molecule has 0 N–H and O–H groups in total. The van der Waals surface area contributed by atoms with E-state index in [1.165, 1.54) is 0 Å². The zero-order chi connectivity index (χ0) is 13.0. The molecule has 0 saturated carbocycles. The lowest BCUT2D eigenvalue weighted by Gasteiger charge is -2.34. The van der Waals surface area contributed by atoms with Crippen LogP contribution < -0.4 is 4.74 Å². The Hall–Kier alpha value is -1.22. The third kappa shape index (κ3) is 2.78. The van der Waals surface area contributed by atoms with E-state index in [4.69, 9.17) is 16.3 Å².